The zero-order chi connectivity index (χ0) is 22.0. The molecule has 2 rings (SSSR count). The van der Waals surface area contributed by atoms with Crippen LogP contribution in [-0.2, 0) is 28.2 Å². The summed E-state index contributed by atoms with van der Waals surface area (Å²) in [4.78, 5) is 4.06. The van der Waals surface area contributed by atoms with Gasteiger partial charge in [-0.1, -0.05) is 42.5 Å². The van der Waals surface area contributed by atoms with E-state index in [1.807, 2.05) is 18.2 Å². The Morgan fingerprint density at radius 2 is 1.55 bits per heavy atom. The van der Waals surface area contributed by atoms with Crippen molar-refractivity contribution in [1.82, 2.24) is 10.6 Å². The molecule has 0 bridgehead atoms. The van der Waals surface area contributed by atoms with Crippen LogP contribution in [-0.4, -0.2) is 40.3 Å². The predicted octanol–water partition coefficient (Wildman–Crippen LogP) is 4.04. The van der Waals surface area contributed by atoms with E-state index in [2.05, 4.69) is 15.6 Å². The Bertz CT molecular complexity index is 919. The number of alkyl halides is 3. The van der Waals surface area contributed by atoms with Gasteiger partial charge in [0.25, 0.3) is 0 Å². The molecule has 2 aromatic carbocycles. The summed E-state index contributed by atoms with van der Waals surface area (Å²) in [7, 11) is -1.59. The molecule has 0 spiro atoms. The third-order valence-corrected chi connectivity index (χ3v) is 6.05. The summed E-state index contributed by atoms with van der Waals surface area (Å²) in [6.07, 6.45) is -3.36. The van der Waals surface area contributed by atoms with Crippen LogP contribution in [0.4, 0.5) is 13.2 Å². The maximum absolute atomic E-state index is 12.6. The Morgan fingerprint density at radius 1 is 0.935 bits per heavy atom. The molecule has 0 fully saturated rings. The Labute approximate surface area is 198 Å². The predicted molar refractivity (Wildman–Crippen MR) is 128 cm³/mol. The van der Waals surface area contributed by atoms with Crippen molar-refractivity contribution in [2.75, 3.05) is 25.9 Å². The average Bonchev–Trinajstić information content (AvgIpc) is 2.70. The van der Waals surface area contributed by atoms with Crippen molar-refractivity contribution in [1.29, 1.82) is 0 Å². The molecule has 0 atom stereocenters. The van der Waals surface area contributed by atoms with Gasteiger partial charge in [-0.05, 0) is 36.1 Å². The molecule has 2 N–H and O–H groups in total. The molecule has 10 heteroatoms. The first-order valence-electron chi connectivity index (χ1n) is 9.54. The van der Waals surface area contributed by atoms with Crippen LogP contribution in [0.5, 0.6) is 0 Å². The van der Waals surface area contributed by atoms with E-state index in [1.165, 1.54) is 12.1 Å². The van der Waals surface area contributed by atoms with Crippen molar-refractivity contribution in [3.8, 4) is 0 Å². The number of benzene rings is 2. The summed E-state index contributed by atoms with van der Waals surface area (Å²) in [5, 5.41) is 6.11. The quantitative estimate of drug-likeness (QED) is 0.207. The van der Waals surface area contributed by atoms with Crippen LogP contribution in [0.1, 0.15) is 23.1 Å². The molecule has 31 heavy (non-hydrogen) atoms. The molecule has 0 unspecified atom stereocenters. The molecule has 0 aliphatic heterocycles. The van der Waals surface area contributed by atoms with Gasteiger partial charge >= 0.3 is 6.18 Å². The van der Waals surface area contributed by atoms with E-state index in [0.717, 1.165) is 23.3 Å². The van der Waals surface area contributed by atoms with Crippen LogP contribution < -0.4 is 10.6 Å². The summed E-state index contributed by atoms with van der Waals surface area (Å²) in [6.45, 7) is 0.922. The third kappa shape index (κ3) is 10.4. The van der Waals surface area contributed by atoms with Gasteiger partial charge in [0.05, 0.1) is 17.1 Å². The van der Waals surface area contributed by atoms with E-state index < -0.39 is 21.6 Å². The Balaban J connectivity index is 0.00000480. The van der Waals surface area contributed by atoms with Gasteiger partial charge in [0.2, 0.25) is 0 Å². The van der Waals surface area contributed by atoms with Gasteiger partial charge in [0, 0.05) is 20.1 Å². The molecule has 0 heterocycles. The normalized spacial score (nSPS) is 12.2. The van der Waals surface area contributed by atoms with Crippen LogP contribution in [0, 0.1) is 0 Å². The highest BCUT2D eigenvalue weighted by Gasteiger charge is 2.29. The highest BCUT2D eigenvalue weighted by atomic mass is 127. The highest BCUT2D eigenvalue weighted by molar-refractivity contribution is 14.0. The standard InChI is InChI=1S/C21H26F3N3O2S.HI/c1-25-20(27-14-12-17-8-10-19(11-9-17)21(22,23)24)26-13-5-15-30(28,29)16-18-6-3-2-4-7-18;/h2-4,6-11H,5,12-16H2,1H3,(H2,25,26,27);1H. The first-order valence-corrected chi connectivity index (χ1v) is 11.4. The lowest BCUT2D eigenvalue weighted by Crippen LogP contribution is -2.39. The fourth-order valence-corrected chi connectivity index (χ4v) is 4.23. The minimum absolute atomic E-state index is 0. The molecule has 0 aromatic heterocycles. The summed E-state index contributed by atoms with van der Waals surface area (Å²) < 4.78 is 62.1. The summed E-state index contributed by atoms with van der Waals surface area (Å²) in [5.41, 5.74) is 0.878. The Kier molecular flexibility index (Phi) is 11.3. The summed E-state index contributed by atoms with van der Waals surface area (Å²) >= 11 is 0. The van der Waals surface area contributed by atoms with Crippen LogP contribution in [0.2, 0.25) is 0 Å². The van der Waals surface area contributed by atoms with Crippen molar-refractivity contribution in [2.24, 2.45) is 4.99 Å². The van der Waals surface area contributed by atoms with Gasteiger partial charge in [0.15, 0.2) is 15.8 Å². The van der Waals surface area contributed by atoms with E-state index in [1.54, 1.807) is 19.2 Å². The first-order chi connectivity index (χ1) is 14.2. The van der Waals surface area contributed by atoms with Crippen LogP contribution in [0.15, 0.2) is 59.6 Å². The van der Waals surface area contributed by atoms with E-state index >= 15 is 0 Å². The van der Waals surface area contributed by atoms with Gasteiger partial charge in [0.1, 0.15) is 0 Å². The molecule has 0 radical (unpaired) electrons. The zero-order valence-electron chi connectivity index (χ0n) is 17.2. The van der Waals surface area contributed by atoms with E-state index in [-0.39, 0.29) is 35.5 Å². The molecule has 0 aliphatic rings. The summed E-state index contributed by atoms with van der Waals surface area (Å²) in [5.74, 6) is 0.605. The maximum Gasteiger partial charge on any atom is 0.416 e. The topological polar surface area (TPSA) is 70.6 Å². The SMILES string of the molecule is CN=C(NCCCS(=O)(=O)Cc1ccccc1)NCCc1ccc(C(F)(F)F)cc1.I. The number of aliphatic imine (C=N–C) groups is 1. The maximum atomic E-state index is 12.6. The smallest absolute Gasteiger partial charge is 0.356 e. The number of hydrogen-bond donors (Lipinski definition) is 2. The number of halogens is 4. The zero-order valence-corrected chi connectivity index (χ0v) is 20.3. The van der Waals surface area contributed by atoms with Gasteiger partial charge in [-0.25, -0.2) is 8.42 Å². The van der Waals surface area contributed by atoms with Gasteiger partial charge in [-0.2, -0.15) is 13.2 Å². The second-order valence-electron chi connectivity index (χ2n) is 6.80. The second kappa shape index (κ2) is 12.9. The number of nitrogens with one attached hydrogen (secondary N) is 2. The second-order valence-corrected chi connectivity index (χ2v) is 8.99. The monoisotopic (exact) mass is 569 g/mol. The van der Waals surface area contributed by atoms with Crippen molar-refractivity contribution < 1.29 is 21.6 Å². The molecule has 2 aromatic rings. The average molecular weight is 569 g/mol. The molecule has 0 aliphatic carbocycles. The number of rotatable bonds is 9. The van der Waals surface area contributed by atoms with Crippen molar-refractivity contribution in [3.63, 3.8) is 0 Å². The fourth-order valence-electron chi connectivity index (χ4n) is 2.81. The van der Waals surface area contributed by atoms with Crippen LogP contribution in [0.3, 0.4) is 0 Å². The van der Waals surface area contributed by atoms with Gasteiger partial charge in [-0.3, -0.25) is 4.99 Å². The number of sulfone groups is 1. The molecule has 0 amide bonds. The molecular weight excluding hydrogens is 542 g/mol. The Hall–Kier alpha value is -1.82. The first kappa shape index (κ1) is 27.2. The summed E-state index contributed by atoms with van der Waals surface area (Å²) in [6, 6.07) is 14.1. The van der Waals surface area contributed by atoms with Crippen molar-refractivity contribution in [3.05, 3.63) is 71.3 Å². The minimum atomic E-state index is -4.34. The molecular formula is C21H27F3IN3O2S. The number of hydrogen-bond acceptors (Lipinski definition) is 3. The van der Waals surface area contributed by atoms with E-state index in [9.17, 15) is 21.6 Å². The fraction of sp³-hybridized carbons (Fsp3) is 0.381. The molecule has 172 valence electrons. The van der Waals surface area contributed by atoms with Crippen LogP contribution in [0.25, 0.3) is 0 Å². The highest BCUT2D eigenvalue weighted by Crippen LogP contribution is 2.29. The molecule has 0 saturated heterocycles. The van der Waals surface area contributed by atoms with Gasteiger partial charge in [-0.15, -0.1) is 24.0 Å². The lowest BCUT2D eigenvalue weighted by molar-refractivity contribution is -0.137. The largest absolute Gasteiger partial charge is 0.416 e. The Morgan fingerprint density at radius 3 is 2.13 bits per heavy atom. The number of nitrogens with zero attached hydrogens (tertiary/aromatic N) is 1. The van der Waals surface area contributed by atoms with Crippen molar-refractivity contribution in [2.45, 2.75) is 24.8 Å². The van der Waals surface area contributed by atoms with Crippen LogP contribution >= 0.6 is 24.0 Å². The van der Waals surface area contributed by atoms with Gasteiger partial charge < -0.3 is 10.6 Å². The lowest BCUT2D eigenvalue weighted by Gasteiger charge is -2.12. The third-order valence-electron chi connectivity index (χ3n) is 4.36. The number of guanidine groups is 1. The van der Waals surface area contributed by atoms with Crippen molar-refractivity contribution >= 4 is 39.8 Å². The molecule has 0 saturated carbocycles. The van der Waals surface area contributed by atoms with E-state index in [4.69, 9.17) is 0 Å². The minimum Gasteiger partial charge on any atom is -0.356 e. The lowest BCUT2D eigenvalue weighted by atomic mass is 10.1. The molecule has 5 nitrogen and oxygen atoms in total. The van der Waals surface area contributed by atoms with E-state index in [0.29, 0.717) is 31.9 Å².